The lowest BCUT2D eigenvalue weighted by molar-refractivity contribution is -0.131. The molecule has 0 unspecified atom stereocenters. The summed E-state index contributed by atoms with van der Waals surface area (Å²) >= 11 is 0. The number of hydrogen-bond donors (Lipinski definition) is 1. The van der Waals surface area contributed by atoms with Gasteiger partial charge < -0.3 is 9.84 Å². The molecule has 1 aromatic carbocycles. The predicted octanol–water partition coefficient (Wildman–Crippen LogP) is 2.38. The maximum absolute atomic E-state index is 13.6. The molecule has 0 aliphatic rings. The van der Waals surface area contributed by atoms with E-state index in [4.69, 9.17) is 15.1 Å². The van der Waals surface area contributed by atoms with Crippen LogP contribution in [0.4, 0.5) is 4.39 Å². The van der Waals surface area contributed by atoms with Crippen LogP contribution in [0, 0.1) is 17.1 Å². The van der Waals surface area contributed by atoms with Crippen molar-refractivity contribution >= 4 is 12.0 Å². The van der Waals surface area contributed by atoms with Crippen LogP contribution in [0.1, 0.15) is 11.1 Å². The maximum Gasteiger partial charge on any atom is 0.328 e. The number of nitriles is 1. The average molecular weight is 285 g/mol. The molecular formula is C14H8FN3O3. The van der Waals surface area contributed by atoms with Crippen molar-refractivity contribution in [1.29, 1.82) is 5.26 Å². The first-order valence-electron chi connectivity index (χ1n) is 5.69. The van der Waals surface area contributed by atoms with E-state index in [0.717, 1.165) is 12.1 Å². The van der Waals surface area contributed by atoms with Crippen molar-refractivity contribution in [2.24, 2.45) is 0 Å². The Morgan fingerprint density at radius 1 is 1.38 bits per heavy atom. The van der Waals surface area contributed by atoms with E-state index in [-0.39, 0.29) is 17.3 Å². The van der Waals surface area contributed by atoms with Gasteiger partial charge in [0, 0.05) is 24.0 Å². The molecule has 6 nitrogen and oxygen atoms in total. The van der Waals surface area contributed by atoms with Gasteiger partial charge in [-0.3, -0.25) is 0 Å². The van der Waals surface area contributed by atoms with Gasteiger partial charge in [-0.1, -0.05) is 0 Å². The molecule has 0 saturated heterocycles. The lowest BCUT2D eigenvalue weighted by Crippen LogP contribution is -1.95. The van der Waals surface area contributed by atoms with E-state index < -0.39 is 11.8 Å². The minimum atomic E-state index is -1.09. The minimum absolute atomic E-state index is 0.0916. The highest BCUT2D eigenvalue weighted by Gasteiger charge is 2.07. The van der Waals surface area contributed by atoms with Gasteiger partial charge in [0.2, 0.25) is 0 Å². The molecule has 0 amide bonds. The van der Waals surface area contributed by atoms with E-state index in [9.17, 15) is 9.18 Å². The van der Waals surface area contributed by atoms with Gasteiger partial charge >= 0.3 is 12.0 Å². The molecule has 1 heterocycles. The first kappa shape index (κ1) is 14.1. The monoisotopic (exact) mass is 285 g/mol. The molecule has 104 valence electrons. The van der Waals surface area contributed by atoms with Crippen LogP contribution in [0.15, 0.2) is 36.7 Å². The standard InChI is InChI=1S/C14H8FN3O3/c15-11-5-9(6-16)1-3-12(11)21-14-17-7-10(8-18-14)2-4-13(19)20/h1-5,7-8H,(H,19,20)/b4-2+. The van der Waals surface area contributed by atoms with Crippen LogP contribution < -0.4 is 4.74 Å². The molecule has 2 rings (SSSR count). The second-order valence-electron chi connectivity index (χ2n) is 3.83. The van der Waals surface area contributed by atoms with Crippen molar-refractivity contribution in [3.8, 4) is 17.8 Å². The predicted molar refractivity (Wildman–Crippen MR) is 69.9 cm³/mol. The molecule has 7 heteroatoms. The van der Waals surface area contributed by atoms with Gasteiger partial charge in [0.25, 0.3) is 0 Å². The lowest BCUT2D eigenvalue weighted by atomic mass is 10.2. The summed E-state index contributed by atoms with van der Waals surface area (Å²) < 4.78 is 18.7. The molecular weight excluding hydrogens is 277 g/mol. The Kier molecular flexibility index (Phi) is 4.21. The fraction of sp³-hybridized carbons (Fsp3) is 0. The van der Waals surface area contributed by atoms with Crippen molar-refractivity contribution < 1.29 is 19.0 Å². The van der Waals surface area contributed by atoms with E-state index in [2.05, 4.69) is 9.97 Å². The van der Waals surface area contributed by atoms with Crippen molar-refractivity contribution in [2.45, 2.75) is 0 Å². The fourth-order valence-corrected chi connectivity index (χ4v) is 1.38. The first-order chi connectivity index (χ1) is 10.1. The number of carboxylic acids is 1. The Hall–Kier alpha value is -3.27. The van der Waals surface area contributed by atoms with Crippen molar-refractivity contribution in [3.63, 3.8) is 0 Å². The highest BCUT2D eigenvalue weighted by atomic mass is 19.1. The highest BCUT2D eigenvalue weighted by Crippen LogP contribution is 2.22. The van der Waals surface area contributed by atoms with Crippen LogP contribution in [0.25, 0.3) is 6.08 Å². The lowest BCUT2D eigenvalue weighted by Gasteiger charge is -2.04. The molecule has 0 saturated carbocycles. The summed E-state index contributed by atoms with van der Waals surface area (Å²) in [6.07, 6.45) is 4.93. The van der Waals surface area contributed by atoms with Gasteiger partial charge in [0.15, 0.2) is 11.6 Å². The van der Waals surface area contributed by atoms with E-state index in [1.54, 1.807) is 0 Å². The van der Waals surface area contributed by atoms with Gasteiger partial charge in [0.05, 0.1) is 11.6 Å². The largest absolute Gasteiger partial charge is 0.478 e. The van der Waals surface area contributed by atoms with Gasteiger partial charge in [-0.25, -0.2) is 19.2 Å². The van der Waals surface area contributed by atoms with E-state index in [0.29, 0.717) is 5.56 Å². The zero-order valence-electron chi connectivity index (χ0n) is 10.5. The summed E-state index contributed by atoms with van der Waals surface area (Å²) in [4.78, 5) is 18.0. The van der Waals surface area contributed by atoms with Crippen LogP contribution in [-0.2, 0) is 4.79 Å². The quantitative estimate of drug-likeness (QED) is 0.866. The molecule has 1 aromatic heterocycles. The topological polar surface area (TPSA) is 96.1 Å². The number of nitrogens with zero attached hydrogens (tertiary/aromatic N) is 3. The van der Waals surface area contributed by atoms with Crippen LogP contribution in [-0.4, -0.2) is 21.0 Å². The molecule has 21 heavy (non-hydrogen) atoms. The molecule has 0 radical (unpaired) electrons. The van der Waals surface area contributed by atoms with Crippen LogP contribution in [0.2, 0.25) is 0 Å². The number of aromatic nitrogens is 2. The summed E-state index contributed by atoms with van der Waals surface area (Å²) in [5, 5.41) is 17.1. The third kappa shape index (κ3) is 3.84. The zero-order chi connectivity index (χ0) is 15.2. The van der Waals surface area contributed by atoms with E-state index in [1.165, 1.54) is 30.6 Å². The number of benzene rings is 1. The number of rotatable bonds is 4. The number of ether oxygens (including phenoxy) is 1. The Morgan fingerprint density at radius 2 is 2.10 bits per heavy atom. The highest BCUT2D eigenvalue weighted by molar-refractivity contribution is 5.85. The average Bonchev–Trinajstić information content (AvgIpc) is 2.48. The molecule has 2 aromatic rings. The summed E-state index contributed by atoms with van der Waals surface area (Å²) in [5.74, 6) is -1.90. The number of hydrogen-bond acceptors (Lipinski definition) is 5. The second kappa shape index (κ2) is 6.25. The third-order valence-corrected chi connectivity index (χ3v) is 2.33. The number of carboxylic acid groups (broad SMARTS) is 1. The summed E-state index contributed by atoms with van der Waals surface area (Å²) in [6, 6.07) is 5.46. The van der Waals surface area contributed by atoms with Crippen LogP contribution in [0.5, 0.6) is 11.8 Å². The molecule has 0 bridgehead atoms. The summed E-state index contributed by atoms with van der Waals surface area (Å²) in [6.45, 7) is 0. The number of aliphatic carboxylic acids is 1. The first-order valence-corrected chi connectivity index (χ1v) is 5.69. The maximum atomic E-state index is 13.6. The van der Waals surface area contributed by atoms with Crippen molar-refractivity contribution in [3.05, 3.63) is 53.6 Å². The normalized spacial score (nSPS) is 10.3. The fourth-order valence-electron chi connectivity index (χ4n) is 1.38. The second-order valence-corrected chi connectivity index (χ2v) is 3.83. The van der Waals surface area contributed by atoms with Crippen molar-refractivity contribution in [2.75, 3.05) is 0 Å². The Balaban J connectivity index is 2.14. The van der Waals surface area contributed by atoms with Crippen LogP contribution in [0.3, 0.4) is 0 Å². The minimum Gasteiger partial charge on any atom is -0.478 e. The zero-order valence-corrected chi connectivity index (χ0v) is 10.5. The molecule has 0 atom stereocenters. The molecule has 1 N–H and O–H groups in total. The number of carbonyl (C=O) groups is 1. The summed E-state index contributed by atoms with van der Waals surface area (Å²) in [5.41, 5.74) is 0.639. The molecule has 0 spiro atoms. The van der Waals surface area contributed by atoms with Gasteiger partial charge in [-0.2, -0.15) is 5.26 Å². The van der Waals surface area contributed by atoms with Gasteiger partial charge in [-0.15, -0.1) is 0 Å². The third-order valence-electron chi connectivity index (χ3n) is 2.33. The van der Waals surface area contributed by atoms with E-state index >= 15 is 0 Å². The molecule has 0 aliphatic heterocycles. The number of halogens is 1. The van der Waals surface area contributed by atoms with Crippen molar-refractivity contribution in [1.82, 2.24) is 9.97 Å². The van der Waals surface area contributed by atoms with Gasteiger partial charge in [0.1, 0.15) is 0 Å². The van der Waals surface area contributed by atoms with Gasteiger partial charge in [-0.05, 0) is 24.3 Å². The Bertz CT molecular complexity index is 736. The summed E-state index contributed by atoms with van der Waals surface area (Å²) in [7, 11) is 0. The van der Waals surface area contributed by atoms with E-state index in [1.807, 2.05) is 6.07 Å². The SMILES string of the molecule is N#Cc1ccc(Oc2ncc(/C=C/C(=O)O)cn2)c(F)c1. The smallest absolute Gasteiger partial charge is 0.328 e. The Morgan fingerprint density at radius 3 is 2.67 bits per heavy atom. The van der Waals surface area contributed by atoms with Crippen LogP contribution >= 0.6 is 0 Å². The molecule has 0 aliphatic carbocycles. The molecule has 0 fully saturated rings. The Labute approximate surface area is 118 Å².